The first-order valence-corrected chi connectivity index (χ1v) is 9.96. The molecule has 0 N–H and O–H groups in total. The van der Waals surface area contributed by atoms with Crippen molar-refractivity contribution in [1.29, 1.82) is 0 Å². The molecule has 2 saturated heterocycles. The van der Waals surface area contributed by atoms with E-state index >= 15 is 0 Å². The lowest BCUT2D eigenvalue weighted by Crippen LogP contribution is -2.11. The molecule has 0 bridgehead atoms. The van der Waals surface area contributed by atoms with Crippen LogP contribution in [-0.2, 0) is 42.6 Å². The van der Waals surface area contributed by atoms with Crippen molar-refractivity contribution in [2.24, 2.45) is 0 Å². The largest absolute Gasteiger partial charge is 0.382 e. The standard InChI is InChI=1S/C13H28O6.C6H10O3/c1-14-6-8-18-12-10-16-4-3-5-17-11-13-19-9-7-15-2;1(5-3-8-5)7-2-6-4-9-6/h3-13H2,1-2H3;5-6H,1-4H2. The third kappa shape index (κ3) is 20.4. The van der Waals surface area contributed by atoms with Crippen molar-refractivity contribution in [1.82, 2.24) is 0 Å². The molecule has 0 radical (unpaired) electrons. The molecule has 0 amide bonds. The SMILES string of the molecule is C(OCC1CO1)C1CO1.COCCOCCOCCCOCCOCCOC. The molecule has 2 aliphatic heterocycles. The Labute approximate surface area is 168 Å². The van der Waals surface area contributed by atoms with Gasteiger partial charge in [-0.3, -0.25) is 0 Å². The van der Waals surface area contributed by atoms with Gasteiger partial charge in [0.1, 0.15) is 12.2 Å². The first-order chi connectivity index (χ1) is 13.9. The molecular weight excluding hydrogens is 372 g/mol. The van der Waals surface area contributed by atoms with Crippen LogP contribution in [0.25, 0.3) is 0 Å². The van der Waals surface area contributed by atoms with Gasteiger partial charge in [0.2, 0.25) is 0 Å². The van der Waals surface area contributed by atoms with E-state index in [1.54, 1.807) is 14.2 Å². The highest BCUT2D eigenvalue weighted by molar-refractivity contribution is 4.71. The third-order valence-electron chi connectivity index (χ3n) is 3.60. The molecule has 2 rings (SSSR count). The van der Waals surface area contributed by atoms with Gasteiger partial charge in [-0.15, -0.1) is 0 Å². The Morgan fingerprint density at radius 1 is 0.536 bits per heavy atom. The van der Waals surface area contributed by atoms with E-state index in [-0.39, 0.29) is 0 Å². The minimum Gasteiger partial charge on any atom is -0.382 e. The van der Waals surface area contributed by atoms with Crippen LogP contribution in [0.5, 0.6) is 0 Å². The van der Waals surface area contributed by atoms with Crippen LogP contribution in [0.4, 0.5) is 0 Å². The zero-order valence-electron chi connectivity index (χ0n) is 17.4. The van der Waals surface area contributed by atoms with Gasteiger partial charge in [-0.25, -0.2) is 0 Å². The molecule has 168 valence electrons. The monoisotopic (exact) mass is 410 g/mol. The van der Waals surface area contributed by atoms with E-state index in [1.807, 2.05) is 0 Å². The molecule has 9 nitrogen and oxygen atoms in total. The molecule has 0 saturated carbocycles. The second-order valence-electron chi connectivity index (χ2n) is 6.24. The number of hydrogen-bond acceptors (Lipinski definition) is 9. The fraction of sp³-hybridized carbons (Fsp3) is 1.00. The molecule has 2 fully saturated rings. The first kappa shape index (κ1) is 25.7. The van der Waals surface area contributed by atoms with Gasteiger partial charge in [0.15, 0.2) is 0 Å². The van der Waals surface area contributed by atoms with Crippen LogP contribution in [-0.4, -0.2) is 119 Å². The lowest BCUT2D eigenvalue weighted by Gasteiger charge is -2.07. The molecule has 9 heteroatoms. The van der Waals surface area contributed by atoms with Crippen molar-refractivity contribution in [2.75, 3.05) is 107 Å². The molecule has 2 aliphatic rings. The fourth-order valence-electron chi connectivity index (χ4n) is 1.85. The Bertz CT molecular complexity index is 284. The second kappa shape index (κ2) is 19.9. The molecule has 2 heterocycles. The quantitative estimate of drug-likeness (QED) is 0.211. The van der Waals surface area contributed by atoms with Gasteiger partial charge >= 0.3 is 0 Å². The number of epoxide rings is 2. The molecule has 0 aromatic heterocycles. The molecule has 0 aromatic rings. The van der Waals surface area contributed by atoms with E-state index < -0.39 is 0 Å². The van der Waals surface area contributed by atoms with E-state index in [0.29, 0.717) is 78.3 Å². The van der Waals surface area contributed by atoms with Gasteiger partial charge in [0.05, 0.1) is 79.3 Å². The maximum atomic E-state index is 5.38. The maximum absolute atomic E-state index is 5.38. The highest BCUT2D eigenvalue weighted by Crippen LogP contribution is 2.12. The Hall–Kier alpha value is -0.360. The molecule has 0 aromatic carbocycles. The molecule has 2 atom stereocenters. The van der Waals surface area contributed by atoms with E-state index in [9.17, 15) is 0 Å². The number of methoxy groups -OCH3 is 2. The lowest BCUT2D eigenvalue weighted by atomic mass is 10.5. The summed E-state index contributed by atoms with van der Waals surface area (Å²) in [6.45, 7) is 9.58. The Morgan fingerprint density at radius 3 is 1.25 bits per heavy atom. The zero-order chi connectivity index (χ0) is 20.1. The van der Waals surface area contributed by atoms with Crippen molar-refractivity contribution in [3.8, 4) is 0 Å². The fourth-order valence-corrected chi connectivity index (χ4v) is 1.85. The normalized spacial score (nSPS) is 19.9. The van der Waals surface area contributed by atoms with Crippen LogP contribution in [0.2, 0.25) is 0 Å². The molecular formula is C19H38O9. The zero-order valence-corrected chi connectivity index (χ0v) is 17.4. The predicted octanol–water partition coefficient (Wildman–Crippen LogP) is 0.536. The average molecular weight is 411 g/mol. The van der Waals surface area contributed by atoms with Gasteiger partial charge in [-0.05, 0) is 6.42 Å². The molecule has 28 heavy (non-hydrogen) atoms. The number of ether oxygens (including phenoxy) is 9. The van der Waals surface area contributed by atoms with Gasteiger partial charge in [0, 0.05) is 27.4 Å². The summed E-state index contributed by atoms with van der Waals surface area (Å²) in [4.78, 5) is 0. The van der Waals surface area contributed by atoms with E-state index in [0.717, 1.165) is 32.8 Å². The van der Waals surface area contributed by atoms with Gasteiger partial charge in [-0.2, -0.15) is 0 Å². The van der Waals surface area contributed by atoms with Crippen LogP contribution in [0.15, 0.2) is 0 Å². The number of rotatable bonds is 20. The Kier molecular flexibility index (Phi) is 18.3. The minimum absolute atomic E-state index is 0.392. The van der Waals surface area contributed by atoms with Crippen LogP contribution in [0.1, 0.15) is 6.42 Å². The summed E-state index contributed by atoms with van der Waals surface area (Å²) < 4.78 is 46.1. The van der Waals surface area contributed by atoms with Gasteiger partial charge < -0.3 is 42.6 Å². The van der Waals surface area contributed by atoms with Crippen LogP contribution >= 0.6 is 0 Å². The van der Waals surface area contributed by atoms with Gasteiger partial charge in [-0.1, -0.05) is 0 Å². The molecule has 2 unspecified atom stereocenters. The van der Waals surface area contributed by atoms with Crippen LogP contribution in [0.3, 0.4) is 0 Å². The smallest absolute Gasteiger partial charge is 0.104 e. The Balaban J connectivity index is 0.000000354. The Morgan fingerprint density at radius 2 is 0.893 bits per heavy atom. The summed E-state index contributed by atoms with van der Waals surface area (Å²) >= 11 is 0. The van der Waals surface area contributed by atoms with Crippen molar-refractivity contribution in [2.45, 2.75) is 18.6 Å². The first-order valence-electron chi connectivity index (χ1n) is 9.96. The number of hydrogen-bond donors (Lipinski definition) is 0. The van der Waals surface area contributed by atoms with Gasteiger partial charge in [0.25, 0.3) is 0 Å². The lowest BCUT2D eigenvalue weighted by molar-refractivity contribution is 0.00681. The predicted molar refractivity (Wildman–Crippen MR) is 102 cm³/mol. The second-order valence-corrected chi connectivity index (χ2v) is 6.24. The van der Waals surface area contributed by atoms with E-state index in [1.165, 1.54) is 0 Å². The summed E-state index contributed by atoms with van der Waals surface area (Å²) in [6.07, 6.45) is 1.67. The van der Waals surface area contributed by atoms with Crippen molar-refractivity contribution in [3.05, 3.63) is 0 Å². The average Bonchev–Trinajstić information content (AvgIpc) is 3.61. The highest BCUT2D eigenvalue weighted by Gasteiger charge is 2.26. The topological polar surface area (TPSA) is 89.7 Å². The molecule has 0 spiro atoms. The summed E-state index contributed by atoms with van der Waals surface area (Å²) in [5.41, 5.74) is 0. The van der Waals surface area contributed by atoms with Crippen LogP contribution < -0.4 is 0 Å². The minimum atomic E-state index is 0.392. The van der Waals surface area contributed by atoms with Crippen molar-refractivity contribution in [3.63, 3.8) is 0 Å². The maximum Gasteiger partial charge on any atom is 0.104 e. The van der Waals surface area contributed by atoms with E-state index in [4.69, 9.17) is 42.6 Å². The van der Waals surface area contributed by atoms with Crippen LogP contribution in [0, 0.1) is 0 Å². The van der Waals surface area contributed by atoms with Crippen molar-refractivity contribution >= 4 is 0 Å². The molecule has 0 aliphatic carbocycles. The van der Waals surface area contributed by atoms with E-state index in [2.05, 4.69) is 0 Å². The summed E-state index contributed by atoms with van der Waals surface area (Å²) in [7, 11) is 3.31. The summed E-state index contributed by atoms with van der Waals surface area (Å²) in [6, 6.07) is 0. The summed E-state index contributed by atoms with van der Waals surface area (Å²) in [5.74, 6) is 0. The third-order valence-corrected chi connectivity index (χ3v) is 3.60. The summed E-state index contributed by atoms with van der Waals surface area (Å²) in [5, 5.41) is 0. The van der Waals surface area contributed by atoms with Crippen molar-refractivity contribution < 1.29 is 42.6 Å². The highest BCUT2D eigenvalue weighted by atomic mass is 16.6.